The molecule has 3 heteroatoms. The van der Waals surface area contributed by atoms with Gasteiger partial charge in [-0.2, -0.15) is 0 Å². The van der Waals surface area contributed by atoms with Crippen LogP contribution < -0.4 is 10.1 Å². The molecule has 120 valence electrons. The van der Waals surface area contributed by atoms with Crippen LogP contribution in [0.2, 0.25) is 0 Å². The lowest BCUT2D eigenvalue weighted by molar-refractivity contribution is 0.239. The summed E-state index contributed by atoms with van der Waals surface area (Å²) in [4.78, 5) is 2.38. The second-order valence-electron chi connectivity index (χ2n) is 6.28. The van der Waals surface area contributed by atoms with Crippen molar-refractivity contribution in [2.24, 2.45) is 0 Å². The van der Waals surface area contributed by atoms with Gasteiger partial charge in [0.15, 0.2) is 0 Å². The van der Waals surface area contributed by atoms with E-state index in [2.05, 4.69) is 76.1 Å². The number of nitrogens with zero attached hydrogens (tertiary/aromatic N) is 1. The lowest BCUT2D eigenvalue weighted by Crippen LogP contribution is -2.36. The molecule has 0 saturated carbocycles. The maximum Gasteiger partial charge on any atom is 0.119 e. The SMILES string of the molecule is CCCNC(CN(C)C(C)C)c1ccc(OC(C)C)cc1. The number of ether oxygens (including phenoxy) is 1. The fourth-order valence-corrected chi connectivity index (χ4v) is 2.16. The van der Waals surface area contributed by atoms with Crippen molar-refractivity contribution in [1.29, 1.82) is 0 Å². The number of hydrogen-bond donors (Lipinski definition) is 1. The first-order chi connectivity index (χ1) is 9.93. The second-order valence-corrected chi connectivity index (χ2v) is 6.28. The summed E-state index contributed by atoms with van der Waals surface area (Å²) in [5.74, 6) is 0.945. The number of likely N-dealkylation sites (N-methyl/N-ethyl adjacent to an activating group) is 1. The van der Waals surface area contributed by atoms with E-state index in [1.807, 2.05) is 0 Å². The van der Waals surface area contributed by atoms with Gasteiger partial charge in [-0.05, 0) is 65.4 Å². The number of nitrogens with one attached hydrogen (secondary N) is 1. The molecule has 0 bridgehead atoms. The van der Waals surface area contributed by atoms with E-state index in [-0.39, 0.29) is 6.10 Å². The Balaban J connectivity index is 2.77. The maximum atomic E-state index is 5.72. The zero-order valence-electron chi connectivity index (χ0n) is 14.5. The predicted octanol–water partition coefficient (Wildman–Crippen LogP) is 3.85. The molecule has 0 aliphatic heterocycles. The van der Waals surface area contributed by atoms with E-state index in [0.29, 0.717) is 12.1 Å². The van der Waals surface area contributed by atoms with Crippen LogP contribution in [0, 0.1) is 0 Å². The molecule has 0 radical (unpaired) electrons. The molecule has 0 aliphatic carbocycles. The number of hydrogen-bond acceptors (Lipinski definition) is 3. The van der Waals surface area contributed by atoms with Crippen LogP contribution >= 0.6 is 0 Å². The number of benzene rings is 1. The summed E-state index contributed by atoms with van der Waals surface area (Å²) in [7, 11) is 2.18. The van der Waals surface area contributed by atoms with Gasteiger partial charge in [-0.1, -0.05) is 19.1 Å². The van der Waals surface area contributed by atoms with Crippen LogP contribution in [0.15, 0.2) is 24.3 Å². The van der Waals surface area contributed by atoms with Gasteiger partial charge in [0.2, 0.25) is 0 Å². The van der Waals surface area contributed by atoms with Gasteiger partial charge in [-0.25, -0.2) is 0 Å². The average molecular weight is 292 g/mol. The average Bonchev–Trinajstić information content (AvgIpc) is 2.43. The first-order valence-corrected chi connectivity index (χ1v) is 8.14. The molecule has 0 amide bonds. The highest BCUT2D eigenvalue weighted by molar-refractivity contribution is 5.29. The van der Waals surface area contributed by atoms with E-state index >= 15 is 0 Å². The smallest absolute Gasteiger partial charge is 0.119 e. The molecule has 1 N–H and O–H groups in total. The molecule has 0 spiro atoms. The molecule has 21 heavy (non-hydrogen) atoms. The Labute approximate surface area is 130 Å². The largest absolute Gasteiger partial charge is 0.491 e. The van der Waals surface area contributed by atoms with Gasteiger partial charge in [0, 0.05) is 18.6 Å². The van der Waals surface area contributed by atoms with Gasteiger partial charge in [0.1, 0.15) is 5.75 Å². The lowest BCUT2D eigenvalue weighted by atomic mass is 10.1. The summed E-state index contributed by atoms with van der Waals surface area (Å²) in [6.45, 7) is 12.8. The molecule has 0 heterocycles. The maximum absolute atomic E-state index is 5.72. The minimum Gasteiger partial charge on any atom is -0.491 e. The molecule has 0 aliphatic rings. The molecule has 0 saturated heterocycles. The first kappa shape index (κ1) is 18.0. The summed E-state index contributed by atoms with van der Waals surface area (Å²) in [5, 5.41) is 3.65. The predicted molar refractivity (Wildman–Crippen MR) is 91.0 cm³/mol. The van der Waals surface area contributed by atoms with Gasteiger partial charge in [-0.3, -0.25) is 0 Å². The normalized spacial score (nSPS) is 13.2. The van der Waals surface area contributed by atoms with Crippen molar-refractivity contribution in [2.45, 2.75) is 59.2 Å². The molecule has 1 atom stereocenters. The fourth-order valence-electron chi connectivity index (χ4n) is 2.16. The van der Waals surface area contributed by atoms with Crippen LogP contribution in [0.4, 0.5) is 0 Å². The highest BCUT2D eigenvalue weighted by atomic mass is 16.5. The van der Waals surface area contributed by atoms with Crippen molar-refractivity contribution in [1.82, 2.24) is 10.2 Å². The zero-order chi connectivity index (χ0) is 15.8. The molecule has 1 aromatic carbocycles. The highest BCUT2D eigenvalue weighted by Gasteiger charge is 2.15. The van der Waals surface area contributed by atoms with E-state index in [1.54, 1.807) is 0 Å². The van der Waals surface area contributed by atoms with E-state index in [9.17, 15) is 0 Å². The Hall–Kier alpha value is -1.06. The summed E-state index contributed by atoms with van der Waals surface area (Å²) < 4.78 is 5.72. The Morgan fingerprint density at radius 2 is 1.71 bits per heavy atom. The van der Waals surface area contributed by atoms with Gasteiger partial charge < -0.3 is 15.0 Å². The van der Waals surface area contributed by atoms with Crippen molar-refractivity contribution in [2.75, 3.05) is 20.1 Å². The monoisotopic (exact) mass is 292 g/mol. The quantitative estimate of drug-likeness (QED) is 0.748. The minimum absolute atomic E-state index is 0.219. The molecule has 1 unspecified atom stereocenters. The van der Waals surface area contributed by atoms with E-state index < -0.39 is 0 Å². The van der Waals surface area contributed by atoms with Crippen LogP contribution in [0.3, 0.4) is 0 Å². The van der Waals surface area contributed by atoms with Crippen LogP contribution in [0.5, 0.6) is 5.75 Å². The van der Waals surface area contributed by atoms with Gasteiger partial charge in [-0.15, -0.1) is 0 Å². The molecular formula is C18H32N2O. The molecule has 0 aromatic heterocycles. The summed E-state index contributed by atoms with van der Waals surface area (Å²) in [6.07, 6.45) is 1.37. The van der Waals surface area contributed by atoms with Gasteiger partial charge in [0.25, 0.3) is 0 Å². The van der Waals surface area contributed by atoms with Crippen molar-refractivity contribution < 1.29 is 4.74 Å². The van der Waals surface area contributed by atoms with Gasteiger partial charge >= 0.3 is 0 Å². The molecule has 1 rings (SSSR count). The zero-order valence-corrected chi connectivity index (χ0v) is 14.5. The third-order valence-electron chi connectivity index (χ3n) is 3.65. The van der Waals surface area contributed by atoms with Crippen molar-refractivity contribution in [3.8, 4) is 5.75 Å². The molecule has 0 fully saturated rings. The standard InChI is InChI=1S/C18H32N2O/c1-7-12-19-18(13-20(6)14(2)3)16-8-10-17(11-9-16)21-15(4)5/h8-11,14-15,18-19H,7,12-13H2,1-6H3. The number of rotatable bonds is 9. The summed E-state index contributed by atoms with van der Waals surface area (Å²) in [5.41, 5.74) is 1.33. The second kappa shape index (κ2) is 9.06. The Kier molecular flexibility index (Phi) is 7.76. The summed E-state index contributed by atoms with van der Waals surface area (Å²) in [6, 6.07) is 9.43. The van der Waals surface area contributed by atoms with Gasteiger partial charge in [0.05, 0.1) is 6.10 Å². The van der Waals surface area contributed by atoms with Crippen LogP contribution in [-0.2, 0) is 0 Å². The minimum atomic E-state index is 0.219. The van der Waals surface area contributed by atoms with Crippen molar-refractivity contribution >= 4 is 0 Å². The Morgan fingerprint density at radius 3 is 2.19 bits per heavy atom. The third kappa shape index (κ3) is 6.49. The summed E-state index contributed by atoms with van der Waals surface area (Å²) >= 11 is 0. The fraction of sp³-hybridized carbons (Fsp3) is 0.667. The van der Waals surface area contributed by atoms with E-state index in [4.69, 9.17) is 4.74 Å². The molecule has 1 aromatic rings. The Morgan fingerprint density at radius 1 is 1.10 bits per heavy atom. The van der Waals surface area contributed by atoms with Crippen LogP contribution in [0.25, 0.3) is 0 Å². The molecular weight excluding hydrogens is 260 g/mol. The van der Waals surface area contributed by atoms with E-state index in [1.165, 1.54) is 5.56 Å². The van der Waals surface area contributed by atoms with Crippen LogP contribution in [0.1, 0.15) is 52.6 Å². The highest BCUT2D eigenvalue weighted by Crippen LogP contribution is 2.20. The van der Waals surface area contributed by atoms with Crippen molar-refractivity contribution in [3.63, 3.8) is 0 Å². The first-order valence-electron chi connectivity index (χ1n) is 8.14. The topological polar surface area (TPSA) is 24.5 Å². The lowest BCUT2D eigenvalue weighted by Gasteiger charge is -2.28. The van der Waals surface area contributed by atoms with E-state index in [0.717, 1.165) is 25.3 Å². The Bertz CT molecular complexity index is 387. The third-order valence-corrected chi connectivity index (χ3v) is 3.65. The van der Waals surface area contributed by atoms with Crippen LogP contribution in [-0.4, -0.2) is 37.2 Å². The molecule has 3 nitrogen and oxygen atoms in total. The van der Waals surface area contributed by atoms with Crippen molar-refractivity contribution in [3.05, 3.63) is 29.8 Å².